The van der Waals surface area contributed by atoms with Crippen molar-refractivity contribution in [2.24, 2.45) is 0 Å². The first kappa shape index (κ1) is 13.0. The zero-order chi connectivity index (χ0) is 13.6. The second-order valence-electron chi connectivity index (χ2n) is 5.15. The average molecular weight is 268 g/mol. The molecule has 2 nitrogen and oxygen atoms in total. The Hall–Kier alpha value is -1.96. The van der Waals surface area contributed by atoms with Gasteiger partial charge < -0.3 is 9.47 Å². The summed E-state index contributed by atoms with van der Waals surface area (Å²) in [6.07, 6.45) is 5.02. The van der Waals surface area contributed by atoms with Crippen LogP contribution in [0.15, 0.2) is 48.5 Å². The minimum Gasteiger partial charge on any atom is -0.490 e. The minimum atomic E-state index is 0.571. The van der Waals surface area contributed by atoms with Gasteiger partial charge >= 0.3 is 0 Å². The summed E-state index contributed by atoms with van der Waals surface area (Å²) >= 11 is 0. The van der Waals surface area contributed by atoms with Gasteiger partial charge in [-0.25, -0.2) is 0 Å². The summed E-state index contributed by atoms with van der Waals surface area (Å²) in [7, 11) is 0. The molecule has 0 saturated carbocycles. The Bertz CT molecular complexity index is 549. The molecule has 0 aliphatic heterocycles. The summed E-state index contributed by atoms with van der Waals surface area (Å²) in [4.78, 5) is 0. The molecule has 0 atom stereocenters. The molecule has 0 saturated heterocycles. The number of hydrogen-bond acceptors (Lipinski definition) is 2. The zero-order valence-corrected chi connectivity index (χ0v) is 11.7. The Morgan fingerprint density at radius 3 is 2.20 bits per heavy atom. The van der Waals surface area contributed by atoms with E-state index >= 15 is 0 Å². The van der Waals surface area contributed by atoms with E-state index in [9.17, 15) is 0 Å². The van der Waals surface area contributed by atoms with Crippen LogP contribution in [0.4, 0.5) is 0 Å². The molecule has 3 rings (SSSR count). The first-order valence-electron chi connectivity index (χ1n) is 7.34. The Morgan fingerprint density at radius 2 is 1.40 bits per heavy atom. The Labute approximate surface area is 120 Å². The van der Waals surface area contributed by atoms with Crippen LogP contribution < -0.4 is 9.47 Å². The van der Waals surface area contributed by atoms with Crippen molar-refractivity contribution in [3.8, 4) is 11.5 Å². The fourth-order valence-corrected chi connectivity index (χ4v) is 2.64. The summed E-state index contributed by atoms with van der Waals surface area (Å²) in [5.41, 5.74) is 2.95. The van der Waals surface area contributed by atoms with E-state index in [-0.39, 0.29) is 0 Å². The van der Waals surface area contributed by atoms with E-state index in [2.05, 4.69) is 18.2 Å². The lowest BCUT2D eigenvalue weighted by molar-refractivity contribution is 0.217. The molecule has 0 N–H and O–H groups in total. The number of para-hydroxylation sites is 1. The summed E-state index contributed by atoms with van der Waals surface area (Å²) in [5, 5.41) is 0. The van der Waals surface area contributed by atoms with Crippen LogP contribution in [0.1, 0.15) is 24.0 Å². The van der Waals surface area contributed by atoms with Crippen molar-refractivity contribution in [1.82, 2.24) is 0 Å². The molecule has 0 unspecified atom stereocenters. The van der Waals surface area contributed by atoms with Crippen LogP contribution in [0.3, 0.4) is 0 Å². The lowest BCUT2D eigenvalue weighted by Crippen LogP contribution is -2.10. The SMILES string of the molecule is c1ccc(OCCOc2ccc3c(c2)CCCC3)cc1. The molecule has 104 valence electrons. The highest BCUT2D eigenvalue weighted by Crippen LogP contribution is 2.25. The van der Waals surface area contributed by atoms with Crippen LogP contribution in [0.2, 0.25) is 0 Å². The molecule has 0 spiro atoms. The van der Waals surface area contributed by atoms with E-state index in [0.29, 0.717) is 13.2 Å². The van der Waals surface area contributed by atoms with E-state index in [1.54, 1.807) is 0 Å². The number of fused-ring (bicyclic) bond motifs is 1. The van der Waals surface area contributed by atoms with Gasteiger partial charge in [0, 0.05) is 0 Å². The van der Waals surface area contributed by atoms with Gasteiger partial charge in [-0.05, 0) is 61.1 Å². The molecule has 2 aromatic carbocycles. The number of hydrogen-bond donors (Lipinski definition) is 0. The maximum absolute atomic E-state index is 5.77. The van der Waals surface area contributed by atoms with E-state index < -0.39 is 0 Å². The Morgan fingerprint density at radius 1 is 0.700 bits per heavy atom. The molecule has 2 aromatic rings. The van der Waals surface area contributed by atoms with Crippen molar-refractivity contribution < 1.29 is 9.47 Å². The molecule has 2 heteroatoms. The number of ether oxygens (including phenoxy) is 2. The van der Waals surface area contributed by atoms with E-state index in [0.717, 1.165) is 11.5 Å². The van der Waals surface area contributed by atoms with Gasteiger partial charge in [-0.3, -0.25) is 0 Å². The topological polar surface area (TPSA) is 18.5 Å². The first-order chi connectivity index (χ1) is 9.92. The third-order valence-corrected chi connectivity index (χ3v) is 3.68. The minimum absolute atomic E-state index is 0.571. The molecule has 1 aliphatic rings. The normalized spacial score (nSPS) is 13.6. The van der Waals surface area contributed by atoms with Crippen LogP contribution in [-0.2, 0) is 12.8 Å². The summed E-state index contributed by atoms with van der Waals surface area (Å²) in [5.74, 6) is 1.85. The molecule has 0 radical (unpaired) electrons. The van der Waals surface area contributed by atoms with E-state index in [4.69, 9.17) is 9.47 Å². The van der Waals surface area contributed by atoms with Gasteiger partial charge in [0.1, 0.15) is 24.7 Å². The molecular formula is C18H20O2. The number of aryl methyl sites for hydroxylation is 2. The van der Waals surface area contributed by atoms with Gasteiger partial charge in [-0.1, -0.05) is 24.3 Å². The van der Waals surface area contributed by atoms with Gasteiger partial charge in [-0.15, -0.1) is 0 Å². The Kier molecular flexibility index (Phi) is 4.22. The van der Waals surface area contributed by atoms with Gasteiger partial charge in [0.05, 0.1) is 0 Å². The quantitative estimate of drug-likeness (QED) is 0.762. The van der Waals surface area contributed by atoms with Gasteiger partial charge in [0.25, 0.3) is 0 Å². The standard InChI is InChI=1S/C18H20O2/c1-2-8-17(9-3-1)19-12-13-20-18-11-10-15-6-4-5-7-16(15)14-18/h1-3,8-11,14H,4-7,12-13H2. The predicted octanol–water partition coefficient (Wildman–Crippen LogP) is 4.02. The number of rotatable bonds is 5. The highest BCUT2D eigenvalue weighted by atomic mass is 16.5. The lowest BCUT2D eigenvalue weighted by Gasteiger charge is -2.16. The van der Waals surface area contributed by atoms with Crippen molar-refractivity contribution in [3.05, 3.63) is 59.7 Å². The molecule has 0 bridgehead atoms. The van der Waals surface area contributed by atoms with E-state index in [1.807, 2.05) is 30.3 Å². The fourth-order valence-electron chi connectivity index (χ4n) is 2.64. The van der Waals surface area contributed by atoms with Gasteiger partial charge in [-0.2, -0.15) is 0 Å². The van der Waals surface area contributed by atoms with Crippen molar-refractivity contribution in [2.75, 3.05) is 13.2 Å². The first-order valence-corrected chi connectivity index (χ1v) is 7.34. The molecule has 20 heavy (non-hydrogen) atoms. The van der Waals surface area contributed by atoms with Crippen molar-refractivity contribution in [1.29, 1.82) is 0 Å². The van der Waals surface area contributed by atoms with Crippen LogP contribution >= 0.6 is 0 Å². The van der Waals surface area contributed by atoms with Gasteiger partial charge in [0.15, 0.2) is 0 Å². The predicted molar refractivity (Wildman–Crippen MR) is 80.5 cm³/mol. The second kappa shape index (κ2) is 6.47. The highest BCUT2D eigenvalue weighted by molar-refractivity contribution is 5.37. The summed E-state index contributed by atoms with van der Waals surface area (Å²) in [6.45, 7) is 1.15. The zero-order valence-electron chi connectivity index (χ0n) is 11.7. The average Bonchev–Trinajstić information content (AvgIpc) is 2.52. The van der Waals surface area contributed by atoms with Crippen molar-refractivity contribution in [2.45, 2.75) is 25.7 Å². The molecule has 1 aliphatic carbocycles. The fraction of sp³-hybridized carbons (Fsp3) is 0.333. The van der Waals surface area contributed by atoms with Gasteiger partial charge in [0.2, 0.25) is 0 Å². The second-order valence-corrected chi connectivity index (χ2v) is 5.15. The molecular weight excluding hydrogens is 248 g/mol. The Balaban J connectivity index is 1.49. The third-order valence-electron chi connectivity index (χ3n) is 3.68. The number of benzene rings is 2. The largest absolute Gasteiger partial charge is 0.490 e. The third kappa shape index (κ3) is 3.32. The van der Waals surface area contributed by atoms with Crippen LogP contribution in [0, 0.1) is 0 Å². The smallest absolute Gasteiger partial charge is 0.122 e. The maximum Gasteiger partial charge on any atom is 0.122 e. The van der Waals surface area contributed by atoms with Crippen LogP contribution in [-0.4, -0.2) is 13.2 Å². The molecule has 0 heterocycles. The molecule has 0 fully saturated rings. The monoisotopic (exact) mass is 268 g/mol. The van der Waals surface area contributed by atoms with Crippen molar-refractivity contribution >= 4 is 0 Å². The van der Waals surface area contributed by atoms with E-state index in [1.165, 1.54) is 36.8 Å². The maximum atomic E-state index is 5.77. The van der Waals surface area contributed by atoms with Crippen LogP contribution in [0.5, 0.6) is 11.5 Å². The summed E-state index contributed by atoms with van der Waals surface area (Å²) < 4.78 is 11.4. The molecule has 0 aromatic heterocycles. The van der Waals surface area contributed by atoms with Crippen molar-refractivity contribution in [3.63, 3.8) is 0 Å². The molecule has 0 amide bonds. The highest BCUT2D eigenvalue weighted by Gasteiger charge is 2.09. The summed E-state index contributed by atoms with van der Waals surface area (Å²) in [6, 6.07) is 16.3. The van der Waals surface area contributed by atoms with Crippen LogP contribution in [0.25, 0.3) is 0 Å². The lowest BCUT2D eigenvalue weighted by atomic mass is 9.92.